The number of nitrogens with one attached hydrogen (secondary N) is 1. The molecule has 1 fully saturated rings. The van der Waals surface area contributed by atoms with Crippen LogP contribution in [0.15, 0.2) is 40.3 Å². The van der Waals surface area contributed by atoms with Gasteiger partial charge >= 0.3 is 0 Å². The van der Waals surface area contributed by atoms with Crippen molar-refractivity contribution < 1.29 is 0 Å². The number of nitrogens with zero attached hydrogens (tertiary/aromatic N) is 2. The van der Waals surface area contributed by atoms with Gasteiger partial charge in [0.1, 0.15) is 0 Å². The summed E-state index contributed by atoms with van der Waals surface area (Å²) in [6.07, 6.45) is 1.89. The average Bonchev–Trinajstić information content (AvgIpc) is 2.96. The van der Waals surface area contributed by atoms with E-state index in [1.165, 1.54) is 4.88 Å². The highest BCUT2D eigenvalue weighted by molar-refractivity contribution is 9.10. The highest BCUT2D eigenvalue weighted by atomic mass is 79.9. The number of thiophene rings is 1. The molecule has 3 heterocycles. The van der Waals surface area contributed by atoms with Crippen molar-refractivity contribution >= 4 is 27.3 Å². The summed E-state index contributed by atoms with van der Waals surface area (Å²) in [6, 6.07) is 8.81. The summed E-state index contributed by atoms with van der Waals surface area (Å²) in [5, 5.41) is 5.55. The maximum absolute atomic E-state index is 4.61. The lowest BCUT2D eigenvalue weighted by molar-refractivity contribution is 0.198. The van der Waals surface area contributed by atoms with E-state index in [4.69, 9.17) is 0 Å². The van der Waals surface area contributed by atoms with E-state index in [-0.39, 0.29) is 6.04 Å². The first-order valence-electron chi connectivity index (χ1n) is 6.44. The Labute approximate surface area is 125 Å². The fraction of sp³-hybridized carbons (Fsp3) is 0.357. The molecular formula is C14H16BrN3S. The number of aromatic nitrogens is 1. The number of hydrogen-bond donors (Lipinski definition) is 1. The topological polar surface area (TPSA) is 28.2 Å². The first-order chi connectivity index (χ1) is 9.34. The highest BCUT2D eigenvalue weighted by Crippen LogP contribution is 2.31. The van der Waals surface area contributed by atoms with E-state index in [1.54, 1.807) is 0 Å². The van der Waals surface area contributed by atoms with Crippen LogP contribution in [0.4, 0.5) is 0 Å². The minimum Gasteiger partial charge on any atom is -0.314 e. The van der Waals surface area contributed by atoms with Crippen LogP contribution in [0.5, 0.6) is 0 Å². The van der Waals surface area contributed by atoms with Crippen molar-refractivity contribution in [3.05, 3.63) is 50.9 Å². The van der Waals surface area contributed by atoms with Gasteiger partial charge in [-0.25, -0.2) is 0 Å². The largest absolute Gasteiger partial charge is 0.314 e. The van der Waals surface area contributed by atoms with Crippen molar-refractivity contribution in [2.24, 2.45) is 0 Å². The SMILES string of the molecule is Brc1ccc([C@@H](c2cccs2)N2CCNCC2)nc1. The molecule has 1 aliphatic rings. The van der Waals surface area contributed by atoms with E-state index in [0.29, 0.717) is 0 Å². The van der Waals surface area contributed by atoms with Crippen LogP contribution in [0.2, 0.25) is 0 Å². The van der Waals surface area contributed by atoms with Gasteiger partial charge in [-0.05, 0) is 39.5 Å². The molecule has 100 valence electrons. The molecule has 0 aromatic carbocycles. The van der Waals surface area contributed by atoms with Gasteiger partial charge in [0.2, 0.25) is 0 Å². The molecule has 5 heteroatoms. The summed E-state index contributed by atoms with van der Waals surface area (Å²) < 4.78 is 1.03. The van der Waals surface area contributed by atoms with Crippen LogP contribution in [-0.2, 0) is 0 Å². The second kappa shape index (κ2) is 6.13. The Morgan fingerprint density at radius 2 is 2.11 bits per heavy atom. The van der Waals surface area contributed by atoms with Crippen molar-refractivity contribution in [1.82, 2.24) is 15.2 Å². The number of hydrogen-bond acceptors (Lipinski definition) is 4. The molecule has 0 bridgehead atoms. The van der Waals surface area contributed by atoms with Crippen molar-refractivity contribution in [3.63, 3.8) is 0 Å². The van der Waals surface area contributed by atoms with Crippen molar-refractivity contribution in [1.29, 1.82) is 0 Å². The third-order valence-electron chi connectivity index (χ3n) is 3.36. The molecule has 0 aliphatic carbocycles. The monoisotopic (exact) mass is 337 g/mol. The first kappa shape index (κ1) is 13.2. The van der Waals surface area contributed by atoms with E-state index in [9.17, 15) is 0 Å². The molecule has 3 rings (SSSR count). The molecule has 1 atom stereocenters. The van der Waals surface area contributed by atoms with Gasteiger partial charge in [-0.1, -0.05) is 6.07 Å². The number of pyridine rings is 1. The van der Waals surface area contributed by atoms with Crippen LogP contribution in [0.1, 0.15) is 16.6 Å². The Hall–Kier alpha value is -0.750. The van der Waals surface area contributed by atoms with Gasteiger partial charge in [-0.3, -0.25) is 9.88 Å². The van der Waals surface area contributed by atoms with E-state index in [1.807, 2.05) is 17.5 Å². The van der Waals surface area contributed by atoms with E-state index in [0.717, 1.165) is 36.3 Å². The summed E-state index contributed by atoms with van der Waals surface area (Å²) in [4.78, 5) is 8.49. The number of rotatable bonds is 3. The van der Waals surface area contributed by atoms with Gasteiger partial charge in [0, 0.05) is 41.7 Å². The fourth-order valence-electron chi connectivity index (χ4n) is 2.45. The van der Waals surface area contributed by atoms with Crippen LogP contribution in [-0.4, -0.2) is 36.1 Å². The molecule has 1 saturated heterocycles. The van der Waals surface area contributed by atoms with E-state index < -0.39 is 0 Å². The van der Waals surface area contributed by atoms with Crippen LogP contribution >= 0.6 is 27.3 Å². The molecule has 1 aliphatic heterocycles. The molecular weight excluding hydrogens is 322 g/mol. The quantitative estimate of drug-likeness (QED) is 0.933. The van der Waals surface area contributed by atoms with Crippen molar-refractivity contribution in [2.75, 3.05) is 26.2 Å². The zero-order valence-electron chi connectivity index (χ0n) is 10.6. The highest BCUT2D eigenvalue weighted by Gasteiger charge is 2.25. The predicted molar refractivity (Wildman–Crippen MR) is 82.5 cm³/mol. The zero-order chi connectivity index (χ0) is 13.1. The molecule has 3 nitrogen and oxygen atoms in total. The average molecular weight is 338 g/mol. The summed E-state index contributed by atoms with van der Waals surface area (Å²) in [5.41, 5.74) is 1.13. The lowest BCUT2D eigenvalue weighted by atomic mass is 10.1. The van der Waals surface area contributed by atoms with Gasteiger partial charge in [0.05, 0.1) is 11.7 Å². The Kier molecular flexibility index (Phi) is 4.28. The maximum atomic E-state index is 4.61. The van der Waals surface area contributed by atoms with Gasteiger partial charge in [-0.15, -0.1) is 11.3 Å². The van der Waals surface area contributed by atoms with Crippen LogP contribution < -0.4 is 5.32 Å². The lowest BCUT2D eigenvalue weighted by Crippen LogP contribution is -2.45. The molecule has 19 heavy (non-hydrogen) atoms. The Bertz CT molecular complexity index is 506. The fourth-order valence-corrected chi connectivity index (χ4v) is 3.55. The predicted octanol–water partition coefficient (Wildman–Crippen LogP) is 2.90. The molecule has 0 amide bonds. The van der Waals surface area contributed by atoms with Crippen LogP contribution in [0.25, 0.3) is 0 Å². The summed E-state index contributed by atoms with van der Waals surface area (Å²) in [5.74, 6) is 0. The number of piperazine rings is 1. The Balaban J connectivity index is 1.93. The molecule has 0 saturated carbocycles. The Morgan fingerprint density at radius 1 is 1.26 bits per heavy atom. The van der Waals surface area contributed by atoms with Crippen LogP contribution in [0, 0.1) is 0 Å². The third-order valence-corrected chi connectivity index (χ3v) is 4.75. The van der Waals surface area contributed by atoms with E-state index >= 15 is 0 Å². The molecule has 1 N–H and O–H groups in total. The Morgan fingerprint density at radius 3 is 2.74 bits per heavy atom. The third kappa shape index (κ3) is 3.05. The summed E-state index contributed by atoms with van der Waals surface area (Å²) in [7, 11) is 0. The van der Waals surface area contributed by atoms with Gasteiger partial charge in [0.15, 0.2) is 0 Å². The summed E-state index contributed by atoms with van der Waals surface area (Å²) in [6.45, 7) is 4.25. The molecule has 0 unspecified atom stereocenters. The zero-order valence-corrected chi connectivity index (χ0v) is 13.0. The van der Waals surface area contributed by atoms with E-state index in [2.05, 4.69) is 60.8 Å². The minimum absolute atomic E-state index is 0.287. The van der Waals surface area contributed by atoms with Gasteiger partial charge in [-0.2, -0.15) is 0 Å². The molecule has 0 radical (unpaired) electrons. The number of halogens is 1. The smallest absolute Gasteiger partial charge is 0.0870 e. The first-order valence-corrected chi connectivity index (χ1v) is 8.11. The molecule has 2 aromatic heterocycles. The lowest BCUT2D eigenvalue weighted by Gasteiger charge is -2.34. The second-order valence-corrected chi connectivity index (χ2v) is 6.50. The summed E-state index contributed by atoms with van der Waals surface area (Å²) >= 11 is 5.27. The minimum atomic E-state index is 0.287. The molecule has 0 spiro atoms. The normalized spacial score (nSPS) is 18.4. The van der Waals surface area contributed by atoms with Gasteiger partial charge < -0.3 is 5.32 Å². The van der Waals surface area contributed by atoms with Gasteiger partial charge in [0.25, 0.3) is 0 Å². The van der Waals surface area contributed by atoms with Crippen molar-refractivity contribution in [2.45, 2.75) is 6.04 Å². The second-order valence-electron chi connectivity index (χ2n) is 4.61. The van der Waals surface area contributed by atoms with Crippen LogP contribution in [0.3, 0.4) is 0 Å². The maximum Gasteiger partial charge on any atom is 0.0870 e. The molecule has 2 aromatic rings. The van der Waals surface area contributed by atoms with Crippen molar-refractivity contribution in [3.8, 4) is 0 Å². The standard InChI is InChI=1S/C14H16BrN3S/c15-11-3-4-12(17-10-11)14(13-2-1-9-19-13)18-7-5-16-6-8-18/h1-4,9-10,14,16H,5-8H2/t14-/m0/s1.